The average molecular weight is 283 g/mol. The van der Waals surface area contributed by atoms with Crippen LogP contribution in [-0.4, -0.2) is 47.1 Å². The van der Waals surface area contributed by atoms with Crippen molar-refractivity contribution >= 4 is 0 Å². The van der Waals surface area contributed by atoms with Gasteiger partial charge in [-0.05, 0) is 18.7 Å². The lowest BCUT2D eigenvalue weighted by molar-refractivity contribution is 0.120. The molecule has 0 aliphatic rings. The van der Waals surface area contributed by atoms with E-state index in [0.29, 0.717) is 30.5 Å². The summed E-state index contributed by atoms with van der Waals surface area (Å²) in [5.74, 6) is 1.99. The fourth-order valence-electron chi connectivity index (χ4n) is 1.74. The first-order valence-electron chi connectivity index (χ1n) is 6.95. The van der Waals surface area contributed by atoms with Crippen LogP contribution in [0.1, 0.15) is 13.3 Å². The van der Waals surface area contributed by atoms with E-state index in [0.717, 1.165) is 26.1 Å². The molecule has 5 nitrogen and oxygen atoms in total. The van der Waals surface area contributed by atoms with Gasteiger partial charge in [-0.15, -0.1) is 0 Å². The van der Waals surface area contributed by atoms with Crippen molar-refractivity contribution in [3.8, 4) is 17.2 Å². The van der Waals surface area contributed by atoms with E-state index in [-0.39, 0.29) is 0 Å². The molecule has 1 aromatic carbocycles. The number of rotatable bonds is 11. The molecule has 0 bridgehead atoms. The number of methoxy groups -OCH3 is 2. The first kappa shape index (κ1) is 16.6. The first-order valence-corrected chi connectivity index (χ1v) is 6.95. The maximum Gasteiger partial charge on any atom is 0.203 e. The highest BCUT2D eigenvalue weighted by atomic mass is 16.5. The Labute approximate surface area is 121 Å². The summed E-state index contributed by atoms with van der Waals surface area (Å²) in [5, 5.41) is 3.21. The fraction of sp³-hybridized carbons (Fsp3) is 0.600. The zero-order valence-corrected chi connectivity index (χ0v) is 12.6. The van der Waals surface area contributed by atoms with E-state index in [9.17, 15) is 0 Å². The molecule has 0 radical (unpaired) electrons. The summed E-state index contributed by atoms with van der Waals surface area (Å²) in [6, 6.07) is 5.59. The number of likely N-dealkylation sites (N-methyl/N-ethyl adjacent to an activating group) is 1. The van der Waals surface area contributed by atoms with Crippen LogP contribution in [0.3, 0.4) is 0 Å². The molecule has 0 spiro atoms. The minimum atomic E-state index is 0.588. The molecule has 0 unspecified atom stereocenters. The van der Waals surface area contributed by atoms with Crippen molar-refractivity contribution in [1.82, 2.24) is 5.32 Å². The Kier molecular flexibility index (Phi) is 8.58. The number of benzene rings is 1. The first-order chi connectivity index (χ1) is 9.83. The molecule has 0 amide bonds. The van der Waals surface area contributed by atoms with Gasteiger partial charge < -0.3 is 24.3 Å². The smallest absolute Gasteiger partial charge is 0.203 e. The van der Waals surface area contributed by atoms with E-state index < -0.39 is 0 Å². The minimum absolute atomic E-state index is 0.588. The van der Waals surface area contributed by atoms with Crippen LogP contribution in [0.25, 0.3) is 0 Å². The third-order valence-electron chi connectivity index (χ3n) is 2.73. The van der Waals surface area contributed by atoms with Gasteiger partial charge in [-0.2, -0.15) is 0 Å². The van der Waals surface area contributed by atoms with Gasteiger partial charge in [0.25, 0.3) is 0 Å². The molecule has 0 saturated carbocycles. The van der Waals surface area contributed by atoms with Gasteiger partial charge in [-0.3, -0.25) is 0 Å². The zero-order chi connectivity index (χ0) is 14.6. The minimum Gasteiger partial charge on any atom is -0.493 e. The lowest BCUT2D eigenvalue weighted by Crippen LogP contribution is -2.19. The number of hydrogen-bond donors (Lipinski definition) is 1. The second-order valence-electron chi connectivity index (χ2n) is 4.16. The third kappa shape index (κ3) is 5.67. The number of ether oxygens (including phenoxy) is 4. The van der Waals surface area contributed by atoms with E-state index in [1.54, 1.807) is 14.2 Å². The predicted octanol–water partition coefficient (Wildman–Crippen LogP) is 2.10. The van der Waals surface area contributed by atoms with Crippen LogP contribution in [0.15, 0.2) is 18.2 Å². The van der Waals surface area contributed by atoms with Crippen LogP contribution in [0.4, 0.5) is 0 Å². The maximum absolute atomic E-state index is 5.70. The second kappa shape index (κ2) is 10.3. The van der Waals surface area contributed by atoms with Gasteiger partial charge in [0.15, 0.2) is 11.5 Å². The molecule has 5 heteroatoms. The van der Waals surface area contributed by atoms with Crippen molar-refractivity contribution in [2.75, 3.05) is 47.1 Å². The Hall–Kier alpha value is -1.46. The summed E-state index contributed by atoms with van der Waals surface area (Å²) in [4.78, 5) is 0. The maximum atomic E-state index is 5.70. The molecular weight excluding hydrogens is 258 g/mol. The lowest BCUT2D eigenvalue weighted by atomic mass is 10.3. The molecule has 0 heterocycles. The van der Waals surface area contributed by atoms with Gasteiger partial charge in [0, 0.05) is 19.6 Å². The van der Waals surface area contributed by atoms with Crippen LogP contribution in [0.2, 0.25) is 0 Å². The van der Waals surface area contributed by atoms with E-state index in [1.165, 1.54) is 0 Å². The molecular formula is C15H25NO4. The molecule has 0 aliphatic heterocycles. The predicted molar refractivity (Wildman–Crippen MR) is 79.0 cm³/mol. The van der Waals surface area contributed by atoms with Gasteiger partial charge in [-0.1, -0.05) is 13.0 Å². The highest BCUT2D eigenvalue weighted by Gasteiger charge is 2.10. The number of nitrogens with one attached hydrogen (secondary N) is 1. The average Bonchev–Trinajstić information content (AvgIpc) is 2.49. The summed E-state index contributed by atoms with van der Waals surface area (Å²) in [7, 11) is 3.22. The largest absolute Gasteiger partial charge is 0.493 e. The van der Waals surface area contributed by atoms with Gasteiger partial charge in [0.2, 0.25) is 5.75 Å². The molecule has 0 saturated heterocycles. The quantitative estimate of drug-likeness (QED) is 0.630. The van der Waals surface area contributed by atoms with Crippen molar-refractivity contribution in [2.24, 2.45) is 0 Å². The Morgan fingerprint density at radius 3 is 2.50 bits per heavy atom. The SMILES string of the molecule is CCNCCOCCCOc1cccc(OC)c1OC. The highest BCUT2D eigenvalue weighted by molar-refractivity contribution is 5.50. The molecule has 20 heavy (non-hydrogen) atoms. The molecule has 0 aliphatic carbocycles. The zero-order valence-electron chi connectivity index (χ0n) is 12.6. The molecule has 1 rings (SSSR count). The van der Waals surface area contributed by atoms with Crippen LogP contribution >= 0.6 is 0 Å². The van der Waals surface area contributed by atoms with Crippen LogP contribution in [0.5, 0.6) is 17.2 Å². The molecule has 1 N–H and O–H groups in total. The third-order valence-corrected chi connectivity index (χ3v) is 2.73. The van der Waals surface area contributed by atoms with E-state index >= 15 is 0 Å². The van der Waals surface area contributed by atoms with Gasteiger partial charge in [0.05, 0.1) is 27.4 Å². The van der Waals surface area contributed by atoms with Crippen LogP contribution < -0.4 is 19.5 Å². The lowest BCUT2D eigenvalue weighted by Gasteiger charge is -2.13. The summed E-state index contributed by atoms with van der Waals surface area (Å²) < 4.78 is 21.7. The standard InChI is InChI=1S/C15H25NO4/c1-4-16-9-12-19-10-6-11-20-14-8-5-7-13(17-2)15(14)18-3/h5,7-8,16H,4,6,9-12H2,1-3H3. The molecule has 0 fully saturated rings. The highest BCUT2D eigenvalue weighted by Crippen LogP contribution is 2.36. The van der Waals surface area contributed by atoms with Gasteiger partial charge >= 0.3 is 0 Å². The van der Waals surface area contributed by atoms with Crippen molar-refractivity contribution in [2.45, 2.75) is 13.3 Å². The van der Waals surface area contributed by atoms with Crippen molar-refractivity contribution < 1.29 is 18.9 Å². The van der Waals surface area contributed by atoms with Crippen molar-refractivity contribution in [3.63, 3.8) is 0 Å². The number of hydrogen-bond acceptors (Lipinski definition) is 5. The molecule has 0 atom stereocenters. The molecule has 1 aromatic rings. The summed E-state index contributed by atoms with van der Waals surface area (Å²) in [6.45, 7) is 5.96. The summed E-state index contributed by atoms with van der Waals surface area (Å²) >= 11 is 0. The fourth-order valence-corrected chi connectivity index (χ4v) is 1.74. The topological polar surface area (TPSA) is 49.0 Å². The van der Waals surface area contributed by atoms with E-state index in [4.69, 9.17) is 18.9 Å². The van der Waals surface area contributed by atoms with Crippen molar-refractivity contribution in [1.29, 1.82) is 0 Å². The van der Waals surface area contributed by atoms with Gasteiger partial charge in [-0.25, -0.2) is 0 Å². The van der Waals surface area contributed by atoms with Crippen molar-refractivity contribution in [3.05, 3.63) is 18.2 Å². The number of para-hydroxylation sites is 1. The Morgan fingerprint density at radius 2 is 1.80 bits per heavy atom. The molecule has 0 aromatic heterocycles. The van der Waals surface area contributed by atoms with E-state index in [1.807, 2.05) is 18.2 Å². The van der Waals surface area contributed by atoms with Crippen LogP contribution in [0, 0.1) is 0 Å². The Bertz CT molecular complexity index is 371. The Morgan fingerprint density at radius 1 is 1.00 bits per heavy atom. The normalized spacial score (nSPS) is 10.3. The summed E-state index contributed by atoms with van der Waals surface area (Å²) in [5.41, 5.74) is 0. The van der Waals surface area contributed by atoms with Crippen LogP contribution in [-0.2, 0) is 4.74 Å². The Balaban J connectivity index is 2.25. The summed E-state index contributed by atoms with van der Waals surface area (Å²) in [6.07, 6.45) is 0.840. The second-order valence-corrected chi connectivity index (χ2v) is 4.16. The molecule has 114 valence electrons. The monoisotopic (exact) mass is 283 g/mol. The van der Waals surface area contributed by atoms with Gasteiger partial charge in [0.1, 0.15) is 0 Å². The van der Waals surface area contributed by atoms with E-state index in [2.05, 4.69) is 12.2 Å².